The molecule has 20 heteroatoms. The number of aryl methyl sites for hydroxylation is 5. The van der Waals surface area contributed by atoms with Gasteiger partial charge in [0.25, 0.3) is 5.69 Å². The van der Waals surface area contributed by atoms with Crippen LogP contribution in [0.15, 0.2) is 85.7 Å². The molecule has 0 fully saturated rings. The average molecular weight is 874 g/mol. The van der Waals surface area contributed by atoms with Crippen LogP contribution in [0.2, 0.25) is 15.1 Å². The molecule has 3 aromatic heterocycles. The minimum Gasteiger partial charge on any atom is -0.398 e. The number of halogens is 3. The van der Waals surface area contributed by atoms with Gasteiger partial charge in [0, 0.05) is 77.3 Å². The summed E-state index contributed by atoms with van der Waals surface area (Å²) in [5.74, 6) is 6.62. The zero-order valence-corrected chi connectivity index (χ0v) is 36.3. The molecular formula is C40H43Cl3N14O3. The molecule has 60 heavy (non-hydrogen) atoms. The Balaban J connectivity index is 0.000000208. The predicted octanol–water partition coefficient (Wildman–Crippen LogP) is 7.64. The van der Waals surface area contributed by atoms with Gasteiger partial charge in [-0.15, -0.1) is 0 Å². The summed E-state index contributed by atoms with van der Waals surface area (Å²) in [4.78, 5) is 32.1. The van der Waals surface area contributed by atoms with E-state index in [1.54, 1.807) is 54.2 Å². The zero-order valence-electron chi connectivity index (χ0n) is 34.0. The first-order chi connectivity index (χ1) is 28.3. The van der Waals surface area contributed by atoms with Gasteiger partial charge in [-0.1, -0.05) is 59.1 Å². The third-order valence-corrected chi connectivity index (χ3v) is 8.81. The van der Waals surface area contributed by atoms with Crippen molar-refractivity contribution < 1.29 is 9.72 Å². The van der Waals surface area contributed by atoms with Crippen LogP contribution < -0.4 is 11.6 Å². The highest BCUT2D eigenvalue weighted by Crippen LogP contribution is 2.32. The van der Waals surface area contributed by atoms with Gasteiger partial charge in [0.15, 0.2) is 17.5 Å². The van der Waals surface area contributed by atoms with Crippen molar-refractivity contribution in [3.63, 3.8) is 0 Å². The maximum absolute atomic E-state index is 10.9. The number of nitriles is 1. The van der Waals surface area contributed by atoms with Crippen LogP contribution in [-0.2, 0) is 25.9 Å². The first kappa shape index (κ1) is 47.7. The molecule has 7 rings (SSSR count). The van der Waals surface area contributed by atoms with E-state index in [9.17, 15) is 14.9 Å². The lowest BCUT2D eigenvalue weighted by atomic mass is 10.1. The molecule has 0 atom stereocenters. The number of hydrogen-bond acceptors (Lipinski definition) is 12. The fourth-order valence-electron chi connectivity index (χ4n) is 4.92. The van der Waals surface area contributed by atoms with E-state index in [1.807, 2.05) is 77.3 Å². The summed E-state index contributed by atoms with van der Waals surface area (Å²) in [6, 6.07) is 21.7. The zero-order chi connectivity index (χ0) is 44.7. The van der Waals surface area contributed by atoms with Crippen LogP contribution in [0.3, 0.4) is 0 Å². The molecule has 3 heterocycles. The lowest BCUT2D eigenvalue weighted by molar-refractivity contribution is -0.385. The second-order valence-electron chi connectivity index (χ2n) is 12.9. The molecule has 0 radical (unpaired) electrons. The van der Waals surface area contributed by atoms with Crippen LogP contribution in [0.5, 0.6) is 0 Å². The third kappa shape index (κ3) is 14.0. The smallest absolute Gasteiger partial charge is 0.274 e. The van der Waals surface area contributed by atoms with Crippen molar-refractivity contribution in [2.24, 2.45) is 27.0 Å². The van der Waals surface area contributed by atoms with Crippen molar-refractivity contribution in [1.29, 1.82) is 5.26 Å². The molecule has 17 nitrogen and oxygen atoms in total. The van der Waals surface area contributed by atoms with Crippen molar-refractivity contribution in [3.8, 4) is 40.2 Å². The van der Waals surface area contributed by atoms with E-state index in [1.165, 1.54) is 24.1 Å². The number of nitrogen functional groups attached to an aromatic ring is 1. The molecule has 4 N–H and O–H groups in total. The number of aromatic nitrogens is 9. The normalized spacial score (nSPS) is 9.92. The van der Waals surface area contributed by atoms with E-state index in [0.29, 0.717) is 49.8 Å². The first-order valence-corrected chi connectivity index (χ1v) is 18.7. The van der Waals surface area contributed by atoms with Gasteiger partial charge in [0.05, 0.1) is 16.6 Å². The highest BCUT2D eigenvalue weighted by atomic mass is 35.5. The van der Waals surface area contributed by atoms with E-state index in [2.05, 4.69) is 36.3 Å². The molecule has 7 aromatic rings. The molecule has 0 aliphatic carbocycles. The highest BCUT2D eigenvalue weighted by Gasteiger charge is 2.18. The molecule has 312 valence electrons. The Bertz CT molecular complexity index is 2560. The SMILES string of the molecule is CN(N)C=O.Cc1c(-c2ncn(C)n2)cc(Cl)cc1[N+](=O)[O-].Cc1c(N)cccc1-c1ncn(C)n1.Cc1ccc(Cl)cc1-c1ncn(C)n1.Cc1ccc(Cl)cc1C#N. The van der Waals surface area contributed by atoms with Crippen LogP contribution >= 0.6 is 34.8 Å². The summed E-state index contributed by atoms with van der Waals surface area (Å²) in [5, 5.41) is 34.5. The molecule has 0 saturated heterocycles. The van der Waals surface area contributed by atoms with Crippen molar-refractivity contribution in [2.45, 2.75) is 27.7 Å². The fourth-order valence-corrected chi connectivity index (χ4v) is 5.48. The number of hydrazine groups is 1. The Morgan fingerprint density at radius 3 is 1.63 bits per heavy atom. The van der Waals surface area contributed by atoms with E-state index in [-0.39, 0.29) is 5.69 Å². The Hall–Kier alpha value is -6.71. The Morgan fingerprint density at radius 2 is 1.18 bits per heavy atom. The van der Waals surface area contributed by atoms with Gasteiger partial charge in [-0.05, 0) is 80.8 Å². The first-order valence-electron chi connectivity index (χ1n) is 17.6. The summed E-state index contributed by atoms with van der Waals surface area (Å²) in [7, 11) is 6.88. The molecule has 1 amide bonds. The monoisotopic (exact) mass is 872 g/mol. The van der Waals surface area contributed by atoms with E-state index < -0.39 is 4.92 Å². The standard InChI is InChI=1S/C10H9ClN4O2.C10H10ClN3.C10H12N4.C8H6ClN.C2H6N2O/c1-6-8(10-12-5-14(2)13-10)3-7(11)4-9(6)15(16)17;1-7-3-4-8(11)5-9(7)10-12-6-14(2)13-10;1-7-8(4-3-5-9(7)11)10-12-6-14(2)13-10;1-6-2-3-8(9)4-7(6)5-10;1-4(3)2-5/h3-5H,1-2H3;3-6H,1-2H3;3-6H,11H2,1-2H3;2-4H,1H3;2H,3H2,1H3. The highest BCUT2D eigenvalue weighted by molar-refractivity contribution is 6.31. The van der Waals surface area contributed by atoms with Crippen LogP contribution in [0.4, 0.5) is 11.4 Å². The quantitative estimate of drug-likeness (QED) is 0.0424. The number of nitro benzene ring substituents is 1. The summed E-state index contributed by atoms with van der Waals surface area (Å²) >= 11 is 17.4. The number of carbonyl (C=O) groups is 1. The van der Waals surface area contributed by atoms with Crippen LogP contribution in [0.1, 0.15) is 27.8 Å². The topological polar surface area (TPSA) is 231 Å². The molecule has 0 saturated carbocycles. The lowest BCUT2D eigenvalue weighted by Gasteiger charge is -2.03. The van der Waals surface area contributed by atoms with Gasteiger partial charge in [-0.25, -0.2) is 20.8 Å². The van der Waals surface area contributed by atoms with Gasteiger partial charge in [0.2, 0.25) is 6.41 Å². The van der Waals surface area contributed by atoms with Crippen molar-refractivity contribution >= 4 is 52.6 Å². The van der Waals surface area contributed by atoms with Crippen molar-refractivity contribution in [1.82, 2.24) is 49.3 Å². The summed E-state index contributed by atoms with van der Waals surface area (Å²) in [5.41, 5.74) is 13.4. The molecule has 0 aliphatic rings. The van der Waals surface area contributed by atoms with Crippen LogP contribution in [0, 0.1) is 49.1 Å². The number of carbonyl (C=O) groups excluding carboxylic acids is 1. The number of rotatable bonds is 5. The van der Waals surface area contributed by atoms with Crippen LogP contribution in [0.25, 0.3) is 34.2 Å². The number of amides is 1. The van der Waals surface area contributed by atoms with E-state index in [4.69, 9.17) is 51.6 Å². The second-order valence-corrected chi connectivity index (χ2v) is 14.2. The van der Waals surface area contributed by atoms with Gasteiger partial charge >= 0.3 is 0 Å². The molecular weight excluding hydrogens is 831 g/mol. The Kier molecular flexibility index (Phi) is 17.8. The van der Waals surface area contributed by atoms with Gasteiger partial charge in [-0.2, -0.15) is 20.6 Å². The van der Waals surface area contributed by atoms with Gasteiger partial charge < -0.3 is 5.73 Å². The van der Waals surface area contributed by atoms with Crippen molar-refractivity contribution in [2.75, 3.05) is 12.8 Å². The number of benzene rings is 4. The minimum atomic E-state index is -0.465. The van der Waals surface area contributed by atoms with Gasteiger partial charge in [-0.3, -0.25) is 34.0 Å². The molecule has 0 unspecified atom stereocenters. The largest absolute Gasteiger partial charge is 0.398 e. The van der Waals surface area contributed by atoms with Crippen molar-refractivity contribution in [3.05, 3.63) is 139 Å². The summed E-state index contributed by atoms with van der Waals surface area (Å²) in [6.07, 6.45) is 5.41. The lowest BCUT2D eigenvalue weighted by Crippen LogP contribution is -2.23. The van der Waals surface area contributed by atoms with Gasteiger partial charge in [0.1, 0.15) is 19.0 Å². The number of hydrogen-bond donors (Lipinski definition) is 2. The summed E-state index contributed by atoms with van der Waals surface area (Å²) in [6.45, 7) is 7.53. The second kappa shape index (κ2) is 22.4. The Labute approximate surface area is 361 Å². The molecule has 0 aliphatic heterocycles. The molecule has 0 spiro atoms. The number of nitro groups is 1. The fraction of sp³-hybridized carbons (Fsp3) is 0.200. The maximum atomic E-state index is 10.9. The predicted molar refractivity (Wildman–Crippen MR) is 234 cm³/mol. The van der Waals surface area contributed by atoms with E-state index >= 15 is 0 Å². The van der Waals surface area contributed by atoms with E-state index in [0.717, 1.165) is 44.3 Å². The molecule has 4 aromatic carbocycles. The summed E-state index contributed by atoms with van der Waals surface area (Å²) < 4.78 is 4.88. The average Bonchev–Trinajstić information content (AvgIpc) is 3.97. The number of anilines is 1. The maximum Gasteiger partial charge on any atom is 0.274 e. The number of nitrogens with zero attached hydrogens (tertiary/aromatic N) is 12. The number of nitrogens with two attached hydrogens (primary N) is 2. The minimum absolute atomic E-state index is 0.0278. The molecule has 0 bridgehead atoms. The van der Waals surface area contributed by atoms with Crippen LogP contribution in [-0.4, -0.2) is 67.7 Å². The Morgan fingerprint density at radius 1 is 0.717 bits per heavy atom. The third-order valence-electron chi connectivity index (χ3n) is 8.12.